The van der Waals surface area contributed by atoms with Gasteiger partial charge in [-0.25, -0.2) is 0 Å². The summed E-state index contributed by atoms with van der Waals surface area (Å²) in [7, 11) is 3.31. The molecule has 3 rings (SSSR count). The summed E-state index contributed by atoms with van der Waals surface area (Å²) in [6, 6.07) is 15.9. The molecular formula is C20H23NO3. The highest BCUT2D eigenvalue weighted by atomic mass is 16.5. The topological polar surface area (TPSA) is 47.6 Å². The number of ether oxygens (including phenoxy) is 2. The largest absolute Gasteiger partial charge is 0.497 e. The molecule has 0 aromatic heterocycles. The number of amides is 1. The molecule has 1 N–H and O–H groups in total. The van der Waals surface area contributed by atoms with Crippen molar-refractivity contribution < 1.29 is 14.3 Å². The number of rotatable bonds is 7. The van der Waals surface area contributed by atoms with Crippen LogP contribution in [0.2, 0.25) is 0 Å². The quantitative estimate of drug-likeness (QED) is 0.850. The molecule has 126 valence electrons. The van der Waals surface area contributed by atoms with Crippen molar-refractivity contribution in [1.82, 2.24) is 5.32 Å². The lowest BCUT2D eigenvalue weighted by atomic mass is 10.1. The van der Waals surface area contributed by atoms with Crippen LogP contribution in [0.4, 0.5) is 0 Å². The SMILES string of the molecule is COc1ccc(CCNC(=O)C2CC2c2ccc(OC)cc2)cc1. The Morgan fingerprint density at radius 3 is 2.17 bits per heavy atom. The van der Waals surface area contributed by atoms with Crippen molar-refractivity contribution in [2.45, 2.75) is 18.8 Å². The first-order valence-electron chi connectivity index (χ1n) is 8.26. The van der Waals surface area contributed by atoms with Gasteiger partial charge in [-0.2, -0.15) is 0 Å². The van der Waals surface area contributed by atoms with E-state index < -0.39 is 0 Å². The van der Waals surface area contributed by atoms with Crippen molar-refractivity contribution in [3.63, 3.8) is 0 Å². The smallest absolute Gasteiger partial charge is 0.223 e. The highest BCUT2D eigenvalue weighted by Crippen LogP contribution is 2.47. The number of hydrogen-bond acceptors (Lipinski definition) is 3. The third-order valence-corrected chi connectivity index (χ3v) is 4.54. The van der Waals surface area contributed by atoms with Crippen molar-refractivity contribution in [3.05, 3.63) is 59.7 Å². The van der Waals surface area contributed by atoms with Crippen LogP contribution in [0.15, 0.2) is 48.5 Å². The van der Waals surface area contributed by atoms with E-state index >= 15 is 0 Å². The summed E-state index contributed by atoms with van der Waals surface area (Å²) >= 11 is 0. The van der Waals surface area contributed by atoms with Gasteiger partial charge in [0.1, 0.15) is 11.5 Å². The predicted molar refractivity (Wildman–Crippen MR) is 93.5 cm³/mol. The van der Waals surface area contributed by atoms with E-state index in [9.17, 15) is 4.79 Å². The van der Waals surface area contributed by atoms with Crippen LogP contribution < -0.4 is 14.8 Å². The average molecular weight is 325 g/mol. The Balaban J connectivity index is 1.44. The van der Waals surface area contributed by atoms with Crippen LogP contribution in [0.5, 0.6) is 11.5 Å². The fourth-order valence-electron chi connectivity index (χ4n) is 2.96. The standard InChI is InChI=1S/C20H23NO3/c1-23-16-7-3-14(4-8-16)11-12-21-20(22)19-13-18(19)15-5-9-17(24-2)10-6-15/h3-10,18-19H,11-13H2,1-2H3,(H,21,22). The van der Waals surface area contributed by atoms with Crippen LogP contribution >= 0.6 is 0 Å². The number of hydrogen-bond donors (Lipinski definition) is 1. The monoisotopic (exact) mass is 325 g/mol. The van der Waals surface area contributed by atoms with Gasteiger partial charge in [0.25, 0.3) is 0 Å². The van der Waals surface area contributed by atoms with Gasteiger partial charge in [-0.15, -0.1) is 0 Å². The number of benzene rings is 2. The normalized spacial score (nSPS) is 18.8. The van der Waals surface area contributed by atoms with Crippen LogP contribution in [0.1, 0.15) is 23.5 Å². The molecule has 24 heavy (non-hydrogen) atoms. The van der Waals surface area contributed by atoms with Crippen LogP contribution in [-0.2, 0) is 11.2 Å². The minimum absolute atomic E-state index is 0.106. The fraction of sp³-hybridized carbons (Fsp3) is 0.350. The zero-order valence-electron chi connectivity index (χ0n) is 14.1. The Labute approximate surface area is 142 Å². The van der Waals surface area contributed by atoms with Crippen LogP contribution in [0, 0.1) is 5.92 Å². The van der Waals surface area contributed by atoms with Gasteiger partial charge in [0.2, 0.25) is 5.91 Å². The maximum atomic E-state index is 12.2. The summed E-state index contributed by atoms with van der Waals surface area (Å²) < 4.78 is 10.3. The average Bonchev–Trinajstić information content (AvgIpc) is 3.43. The van der Waals surface area contributed by atoms with Crippen molar-refractivity contribution in [2.75, 3.05) is 20.8 Å². The molecule has 1 aliphatic rings. The zero-order chi connectivity index (χ0) is 16.9. The van der Waals surface area contributed by atoms with Crippen molar-refractivity contribution in [2.24, 2.45) is 5.92 Å². The summed E-state index contributed by atoms with van der Waals surface area (Å²) in [6.07, 6.45) is 1.76. The van der Waals surface area contributed by atoms with Crippen LogP contribution in [-0.4, -0.2) is 26.7 Å². The highest BCUT2D eigenvalue weighted by molar-refractivity contribution is 5.82. The molecule has 0 saturated heterocycles. The lowest BCUT2D eigenvalue weighted by Gasteiger charge is -2.07. The maximum absolute atomic E-state index is 12.2. The third-order valence-electron chi connectivity index (χ3n) is 4.54. The molecule has 0 spiro atoms. The van der Waals surface area contributed by atoms with Crippen molar-refractivity contribution in [3.8, 4) is 11.5 Å². The second-order valence-corrected chi connectivity index (χ2v) is 6.11. The van der Waals surface area contributed by atoms with Gasteiger partial charge in [-0.05, 0) is 54.2 Å². The molecule has 2 unspecified atom stereocenters. The van der Waals surface area contributed by atoms with E-state index in [0.29, 0.717) is 12.5 Å². The summed E-state index contributed by atoms with van der Waals surface area (Å²) in [6.45, 7) is 0.664. The Bertz CT molecular complexity index is 679. The number of carbonyl (C=O) groups is 1. The van der Waals surface area contributed by atoms with Gasteiger partial charge in [-0.1, -0.05) is 24.3 Å². The molecule has 1 fully saturated rings. The van der Waals surface area contributed by atoms with Crippen LogP contribution in [0.25, 0.3) is 0 Å². The summed E-state index contributed by atoms with van der Waals surface area (Å²) in [5.41, 5.74) is 2.41. The van der Waals surface area contributed by atoms with Crippen molar-refractivity contribution in [1.29, 1.82) is 0 Å². The number of nitrogens with one attached hydrogen (secondary N) is 1. The summed E-state index contributed by atoms with van der Waals surface area (Å²) in [5, 5.41) is 3.05. The highest BCUT2D eigenvalue weighted by Gasteiger charge is 2.43. The van der Waals surface area contributed by atoms with E-state index in [4.69, 9.17) is 9.47 Å². The fourth-order valence-corrected chi connectivity index (χ4v) is 2.96. The predicted octanol–water partition coefficient (Wildman–Crippen LogP) is 3.17. The van der Waals surface area contributed by atoms with Gasteiger partial charge < -0.3 is 14.8 Å². The number of carbonyl (C=O) groups excluding carboxylic acids is 1. The molecule has 4 heteroatoms. The molecule has 0 radical (unpaired) electrons. The summed E-state index contributed by atoms with van der Waals surface area (Å²) in [4.78, 5) is 12.2. The van der Waals surface area contributed by atoms with Gasteiger partial charge in [0, 0.05) is 12.5 Å². The lowest BCUT2D eigenvalue weighted by Crippen LogP contribution is -2.27. The molecular weight excluding hydrogens is 302 g/mol. The first-order valence-corrected chi connectivity index (χ1v) is 8.26. The Morgan fingerprint density at radius 1 is 1.00 bits per heavy atom. The second-order valence-electron chi connectivity index (χ2n) is 6.11. The van der Waals surface area contributed by atoms with Gasteiger partial charge in [0.15, 0.2) is 0 Å². The number of methoxy groups -OCH3 is 2. The molecule has 1 aliphatic carbocycles. The van der Waals surface area contributed by atoms with E-state index in [2.05, 4.69) is 5.32 Å². The van der Waals surface area contributed by atoms with Crippen LogP contribution in [0.3, 0.4) is 0 Å². The molecule has 4 nitrogen and oxygen atoms in total. The summed E-state index contributed by atoms with van der Waals surface area (Å²) in [5.74, 6) is 2.30. The molecule has 0 aliphatic heterocycles. The zero-order valence-corrected chi connectivity index (χ0v) is 14.1. The minimum atomic E-state index is 0.106. The molecule has 1 amide bonds. The molecule has 0 bridgehead atoms. The van der Waals surface area contributed by atoms with E-state index in [-0.39, 0.29) is 11.8 Å². The molecule has 2 atom stereocenters. The van der Waals surface area contributed by atoms with Crippen molar-refractivity contribution >= 4 is 5.91 Å². The van der Waals surface area contributed by atoms with Gasteiger partial charge in [0.05, 0.1) is 14.2 Å². The first-order chi connectivity index (χ1) is 11.7. The Hall–Kier alpha value is -2.49. The van der Waals surface area contributed by atoms with Gasteiger partial charge >= 0.3 is 0 Å². The van der Waals surface area contributed by atoms with E-state index in [0.717, 1.165) is 24.3 Å². The van der Waals surface area contributed by atoms with E-state index in [1.165, 1.54) is 11.1 Å². The molecule has 2 aromatic carbocycles. The molecule has 1 saturated carbocycles. The molecule has 0 heterocycles. The third kappa shape index (κ3) is 3.88. The first kappa shape index (κ1) is 16.4. The Kier molecular flexibility index (Phi) is 5.04. The Morgan fingerprint density at radius 2 is 1.58 bits per heavy atom. The van der Waals surface area contributed by atoms with E-state index in [1.54, 1.807) is 14.2 Å². The minimum Gasteiger partial charge on any atom is -0.497 e. The van der Waals surface area contributed by atoms with E-state index in [1.807, 2.05) is 48.5 Å². The second kappa shape index (κ2) is 7.39. The van der Waals surface area contributed by atoms with Gasteiger partial charge in [-0.3, -0.25) is 4.79 Å². The molecule has 2 aromatic rings. The lowest BCUT2D eigenvalue weighted by molar-refractivity contribution is -0.122. The maximum Gasteiger partial charge on any atom is 0.223 e.